The van der Waals surface area contributed by atoms with Crippen LogP contribution in [0.4, 0.5) is 5.82 Å². The summed E-state index contributed by atoms with van der Waals surface area (Å²) in [4.78, 5) is 25.9. The van der Waals surface area contributed by atoms with Crippen molar-refractivity contribution in [3.8, 4) is 0 Å². The average Bonchev–Trinajstić information content (AvgIpc) is 2.88. The first-order valence-corrected chi connectivity index (χ1v) is 10.2. The third-order valence-corrected chi connectivity index (χ3v) is 6.25. The molecule has 0 N–H and O–H groups in total. The number of amides is 1. The first-order valence-electron chi connectivity index (χ1n) is 9.19. The van der Waals surface area contributed by atoms with Crippen LogP contribution in [0.2, 0.25) is 0 Å². The van der Waals surface area contributed by atoms with Crippen molar-refractivity contribution in [1.29, 1.82) is 0 Å². The summed E-state index contributed by atoms with van der Waals surface area (Å²) >= 11 is 2.01. The van der Waals surface area contributed by atoms with Crippen molar-refractivity contribution in [2.45, 2.75) is 44.3 Å². The average molecular weight is 349 g/mol. The minimum Gasteiger partial charge on any atom is -0.355 e. The van der Waals surface area contributed by atoms with Gasteiger partial charge >= 0.3 is 0 Å². The SMILES string of the molecule is CCSC1CCCCN(C(=O)C2CCN(c3cnccn3)CC2)C1. The Morgan fingerprint density at radius 3 is 2.75 bits per heavy atom. The van der Waals surface area contributed by atoms with Crippen molar-refractivity contribution in [2.75, 3.05) is 36.8 Å². The van der Waals surface area contributed by atoms with E-state index in [1.807, 2.05) is 18.0 Å². The molecule has 132 valence electrons. The molecule has 1 amide bonds. The molecule has 0 aliphatic carbocycles. The van der Waals surface area contributed by atoms with E-state index in [0.717, 1.165) is 57.0 Å². The van der Waals surface area contributed by atoms with E-state index in [1.54, 1.807) is 12.4 Å². The van der Waals surface area contributed by atoms with E-state index in [4.69, 9.17) is 0 Å². The van der Waals surface area contributed by atoms with E-state index in [0.29, 0.717) is 11.2 Å². The van der Waals surface area contributed by atoms with E-state index in [9.17, 15) is 4.79 Å². The molecule has 24 heavy (non-hydrogen) atoms. The van der Waals surface area contributed by atoms with Gasteiger partial charge in [-0.25, -0.2) is 4.98 Å². The molecule has 0 spiro atoms. The summed E-state index contributed by atoms with van der Waals surface area (Å²) in [5.74, 6) is 2.64. The Morgan fingerprint density at radius 2 is 2.04 bits per heavy atom. The highest BCUT2D eigenvalue weighted by molar-refractivity contribution is 7.99. The second-order valence-electron chi connectivity index (χ2n) is 6.68. The van der Waals surface area contributed by atoms with Gasteiger partial charge in [0.1, 0.15) is 5.82 Å². The van der Waals surface area contributed by atoms with E-state index in [-0.39, 0.29) is 5.92 Å². The van der Waals surface area contributed by atoms with Crippen LogP contribution < -0.4 is 4.90 Å². The highest BCUT2D eigenvalue weighted by atomic mass is 32.2. The van der Waals surface area contributed by atoms with Gasteiger partial charge in [-0.05, 0) is 31.4 Å². The van der Waals surface area contributed by atoms with Crippen LogP contribution in [0.25, 0.3) is 0 Å². The van der Waals surface area contributed by atoms with Crippen LogP contribution in [0.15, 0.2) is 18.6 Å². The Morgan fingerprint density at radius 1 is 1.21 bits per heavy atom. The predicted octanol–water partition coefficient (Wildman–Crippen LogP) is 2.83. The number of anilines is 1. The van der Waals surface area contributed by atoms with Crippen molar-refractivity contribution < 1.29 is 4.79 Å². The summed E-state index contributed by atoms with van der Waals surface area (Å²) < 4.78 is 0. The second-order valence-corrected chi connectivity index (χ2v) is 8.26. The van der Waals surface area contributed by atoms with Crippen LogP contribution in [-0.4, -0.2) is 58.0 Å². The summed E-state index contributed by atoms with van der Waals surface area (Å²) in [6, 6.07) is 0. The van der Waals surface area contributed by atoms with Crippen LogP contribution in [0, 0.1) is 5.92 Å². The van der Waals surface area contributed by atoms with E-state index in [1.165, 1.54) is 12.8 Å². The van der Waals surface area contributed by atoms with Gasteiger partial charge < -0.3 is 9.80 Å². The minimum atomic E-state index is 0.184. The molecule has 3 heterocycles. The Labute approximate surface area is 149 Å². The largest absolute Gasteiger partial charge is 0.355 e. The Hall–Kier alpha value is -1.30. The summed E-state index contributed by atoms with van der Waals surface area (Å²) in [6.07, 6.45) is 10.8. The fraction of sp³-hybridized carbons (Fsp3) is 0.722. The number of thioether (sulfide) groups is 1. The van der Waals surface area contributed by atoms with Gasteiger partial charge in [0.25, 0.3) is 0 Å². The number of rotatable bonds is 4. The maximum atomic E-state index is 13.0. The predicted molar refractivity (Wildman–Crippen MR) is 99.3 cm³/mol. The normalized spacial score (nSPS) is 23.1. The molecule has 0 bridgehead atoms. The lowest BCUT2D eigenvalue weighted by atomic mass is 9.95. The quantitative estimate of drug-likeness (QED) is 0.837. The van der Waals surface area contributed by atoms with E-state index < -0.39 is 0 Å². The Kier molecular flexibility index (Phi) is 6.35. The van der Waals surface area contributed by atoms with Crippen LogP contribution >= 0.6 is 11.8 Å². The van der Waals surface area contributed by atoms with Crippen molar-refractivity contribution >= 4 is 23.5 Å². The molecular formula is C18H28N4OS. The molecule has 1 aromatic rings. The number of likely N-dealkylation sites (tertiary alicyclic amines) is 1. The fourth-order valence-electron chi connectivity index (χ4n) is 3.74. The lowest BCUT2D eigenvalue weighted by Crippen LogP contribution is -2.44. The van der Waals surface area contributed by atoms with Crippen LogP contribution in [0.3, 0.4) is 0 Å². The molecule has 2 fully saturated rings. The highest BCUT2D eigenvalue weighted by Gasteiger charge is 2.31. The van der Waals surface area contributed by atoms with Crippen molar-refractivity contribution in [3.05, 3.63) is 18.6 Å². The van der Waals surface area contributed by atoms with Gasteiger partial charge in [-0.3, -0.25) is 9.78 Å². The summed E-state index contributed by atoms with van der Waals surface area (Å²) in [7, 11) is 0. The molecule has 2 aliphatic heterocycles. The lowest BCUT2D eigenvalue weighted by Gasteiger charge is -2.35. The maximum absolute atomic E-state index is 13.0. The fourth-order valence-corrected chi connectivity index (χ4v) is 4.83. The molecular weight excluding hydrogens is 320 g/mol. The highest BCUT2D eigenvalue weighted by Crippen LogP contribution is 2.26. The second kappa shape index (κ2) is 8.70. The monoisotopic (exact) mass is 348 g/mol. The number of carbonyl (C=O) groups excluding carboxylic acids is 1. The molecule has 6 heteroatoms. The van der Waals surface area contributed by atoms with Gasteiger partial charge in [0, 0.05) is 49.7 Å². The minimum absolute atomic E-state index is 0.184. The van der Waals surface area contributed by atoms with Gasteiger partial charge in [0.2, 0.25) is 5.91 Å². The number of hydrogen-bond donors (Lipinski definition) is 0. The van der Waals surface area contributed by atoms with Crippen molar-refractivity contribution in [2.24, 2.45) is 5.92 Å². The van der Waals surface area contributed by atoms with Gasteiger partial charge in [0.15, 0.2) is 0 Å². The zero-order valence-electron chi connectivity index (χ0n) is 14.6. The molecule has 1 aromatic heterocycles. The summed E-state index contributed by atoms with van der Waals surface area (Å²) in [5, 5.41) is 0.626. The number of hydrogen-bond acceptors (Lipinski definition) is 5. The van der Waals surface area contributed by atoms with Crippen LogP contribution in [0.1, 0.15) is 39.0 Å². The van der Waals surface area contributed by atoms with Crippen molar-refractivity contribution in [3.63, 3.8) is 0 Å². The molecule has 0 saturated carbocycles. The third kappa shape index (κ3) is 4.41. The van der Waals surface area contributed by atoms with E-state index in [2.05, 4.69) is 26.7 Å². The molecule has 5 nitrogen and oxygen atoms in total. The number of piperidine rings is 1. The first kappa shape index (κ1) is 17.5. The number of carbonyl (C=O) groups is 1. The number of aromatic nitrogens is 2. The van der Waals surface area contributed by atoms with Gasteiger partial charge in [-0.2, -0.15) is 11.8 Å². The van der Waals surface area contributed by atoms with Crippen LogP contribution in [-0.2, 0) is 4.79 Å². The number of nitrogens with zero attached hydrogens (tertiary/aromatic N) is 4. The molecule has 1 atom stereocenters. The summed E-state index contributed by atoms with van der Waals surface area (Å²) in [5.41, 5.74) is 0. The smallest absolute Gasteiger partial charge is 0.225 e. The molecule has 3 rings (SSSR count). The Bertz CT molecular complexity index is 519. The summed E-state index contributed by atoms with van der Waals surface area (Å²) in [6.45, 7) is 5.90. The molecule has 0 radical (unpaired) electrons. The topological polar surface area (TPSA) is 49.3 Å². The van der Waals surface area contributed by atoms with Gasteiger partial charge in [0.05, 0.1) is 6.20 Å². The first-order chi connectivity index (χ1) is 11.8. The third-order valence-electron chi connectivity index (χ3n) is 5.06. The Balaban J connectivity index is 1.54. The molecule has 0 aromatic carbocycles. The molecule has 2 aliphatic rings. The zero-order chi connectivity index (χ0) is 16.8. The lowest BCUT2D eigenvalue weighted by molar-refractivity contribution is -0.136. The van der Waals surface area contributed by atoms with Crippen molar-refractivity contribution in [1.82, 2.24) is 14.9 Å². The molecule has 2 saturated heterocycles. The van der Waals surface area contributed by atoms with Gasteiger partial charge in [-0.15, -0.1) is 0 Å². The standard InChI is InChI=1S/C18H28N4OS/c1-2-24-16-5-3-4-10-22(14-16)18(23)15-6-11-21(12-7-15)17-13-19-8-9-20-17/h8-9,13,15-16H,2-7,10-12,14H2,1H3. The van der Waals surface area contributed by atoms with E-state index >= 15 is 0 Å². The maximum Gasteiger partial charge on any atom is 0.225 e. The van der Waals surface area contributed by atoms with Gasteiger partial charge in [-0.1, -0.05) is 13.3 Å². The zero-order valence-corrected chi connectivity index (χ0v) is 15.4. The van der Waals surface area contributed by atoms with Crippen LogP contribution in [0.5, 0.6) is 0 Å². The molecule has 1 unspecified atom stereocenters.